The van der Waals surface area contributed by atoms with Crippen LogP contribution in [0.15, 0.2) is 5.16 Å². The molecular weight excluding hydrogens is 182 g/mol. The number of ether oxygens (including phenoxy) is 2. The number of hydrogen-bond acceptors (Lipinski definition) is 4. The summed E-state index contributed by atoms with van der Waals surface area (Å²) in [5, 5.41) is 11.8. The zero-order valence-electron chi connectivity index (χ0n) is 8.90. The molecule has 1 aliphatic carbocycles. The molecule has 1 saturated carbocycles. The molecule has 0 radical (unpaired) electrons. The van der Waals surface area contributed by atoms with Crippen molar-refractivity contribution < 1.29 is 14.7 Å². The van der Waals surface area contributed by atoms with Crippen LogP contribution in [0.4, 0.5) is 0 Å². The van der Waals surface area contributed by atoms with Gasteiger partial charge in [0, 0.05) is 7.11 Å². The van der Waals surface area contributed by atoms with Gasteiger partial charge in [0.15, 0.2) is 0 Å². The number of nitrogens with zero attached hydrogens (tertiary/aromatic N) is 1. The highest BCUT2D eigenvalue weighted by Crippen LogP contribution is 2.19. The summed E-state index contributed by atoms with van der Waals surface area (Å²) in [5.74, 6) is 0. The fourth-order valence-corrected chi connectivity index (χ4v) is 1.53. The third kappa shape index (κ3) is 3.64. The molecule has 4 heteroatoms. The Morgan fingerprint density at radius 3 is 2.64 bits per heavy atom. The Morgan fingerprint density at radius 2 is 2.14 bits per heavy atom. The molecule has 14 heavy (non-hydrogen) atoms. The molecule has 0 aromatic carbocycles. The first-order chi connectivity index (χ1) is 6.76. The van der Waals surface area contributed by atoms with Gasteiger partial charge >= 0.3 is 0 Å². The molecule has 0 amide bonds. The van der Waals surface area contributed by atoms with E-state index in [1.54, 1.807) is 7.11 Å². The van der Waals surface area contributed by atoms with E-state index in [1.807, 2.05) is 6.92 Å². The first-order valence-corrected chi connectivity index (χ1v) is 5.10. The van der Waals surface area contributed by atoms with Gasteiger partial charge < -0.3 is 14.7 Å². The van der Waals surface area contributed by atoms with Crippen molar-refractivity contribution in [2.75, 3.05) is 13.7 Å². The van der Waals surface area contributed by atoms with Gasteiger partial charge in [-0.25, -0.2) is 0 Å². The maximum atomic E-state index is 8.56. The van der Waals surface area contributed by atoms with Crippen LogP contribution in [0.2, 0.25) is 0 Å². The van der Waals surface area contributed by atoms with Crippen LogP contribution in [0.25, 0.3) is 0 Å². The average molecular weight is 201 g/mol. The maximum Gasteiger partial charge on any atom is 0.0776 e. The van der Waals surface area contributed by atoms with Crippen molar-refractivity contribution in [2.24, 2.45) is 5.16 Å². The maximum absolute atomic E-state index is 8.56. The highest BCUT2D eigenvalue weighted by Gasteiger charge is 2.18. The quantitative estimate of drug-likeness (QED) is 0.557. The van der Waals surface area contributed by atoms with Gasteiger partial charge in [-0.1, -0.05) is 5.16 Å². The molecule has 0 heterocycles. The molecule has 0 aromatic heterocycles. The van der Waals surface area contributed by atoms with E-state index in [0.29, 0.717) is 12.7 Å². The normalized spacial score (nSPS) is 24.7. The minimum absolute atomic E-state index is 0.155. The number of methoxy groups -OCH3 is 1. The minimum atomic E-state index is 0.155. The lowest BCUT2D eigenvalue weighted by atomic mass is 9.96. The second-order valence-corrected chi connectivity index (χ2v) is 3.75. The molecule has 1 aliphatic rings. The molecule has 0 spiro atoms. The summed E-state index contributed by atoms with van der Waals surface area (Å²) >= 11 is 0. The van der Waals surface area contributed by atoms with Crippen LogP contribution in [-0.4, -0.2) is 36.8 Å². The van der Waals surface area contributed by atoms with Gasteiger partial charge in [0.2, 0.25) is 0 Å². The first kappa shape index (κ1) is 11.5. The Bertz CT molecular complexity index is 184. The topological polar surface area (TPSA) is 51.0 Å². The van der Waals surface area contributed by atoms with Crippen molar-refractivity contribution in [1.82, 2.24) is 0 Å². The molecule has 1 N–H and O–H groups in total. The third-order valence-electron chi connectivity index (χ3n) is 2.62. The molecule has 1 unspecified atom stereocenters. The molecule has 0 aromatic rings. The number of rotatable bonds is 4. The van der Waals surface area contributed by atoms with Gasteiger partial charge in [0.1, 0.15) is 0 Å². The van der Waals surface area contributed by atoms with Crippen molar-refractivity contribution in [2.45, 2.75) is 44.8 Å². The van der Waals surface area contributed by atoms with Crippen LogP contribution in [0.5, 0.6) is 0 Å². The zero-order chi connectivity index (χ0) is 10.4. The van der Waals surface area contributed by atoms with Gasteiger partial charge in [-0.3, -0.25) is 0 Å². The summed E-state index contributed by atoms with van der Waals surface area (Å²) in [7, 11) is 1.69. The summed E-state index contributed by atoms with van der Waals surface area (Å²) in [6.07, 6.45) is 4.07. The first-order valence-electron chi connectivity index (χ1n) is 5.10. The monoisotopic (exact) mass is 201 g/mol. The summed E-state index contributed by atoms with van der Waals surface area (Å²) in [6.45, 7) is 2.64. The standard InChI is InChI=1S/C10H19NO3/c1-8(13-2)7-14-10-5-3-9(11-12)4-6-10/h8,10,12H,3-7H2,1-2H3. The smallest absolute Gasteiger partial charge is 0.0776 e. The fourth-order valence-electron chi connectivity index (χ4n) is 1.53. The lowest BCUT2D eigenvalue weighted by Gasteiger charge is -2.23. The van der Waals surface area contributed by atoms with Crippen LogP contribution in [0, 0.1) is 0 Å². The Kier molecular flexibility index (Phi) is 4.90. The predicted molar refractivity (Wildman–Crippen MR) is 53.9 cm³/mol. The van der Waals surface area contributed by atoms with E-state index in [2.05, 4.69) is 5.16 Å². The molecule has 82 valence electrons. The molecule has 0 aliphatic heterocycles. The summed E-state index contributed by atoms with van der Waals surface area (Å²) in [4.78, 5) is 0. The Hall–Kier alpha value is -0.610. The molecule has 0 bridgehead atoms. The van der Waals surface area contributed by atoms with E-state index in [-0.39, 0.29) is 6.10 Å². The number of hydrogen-bond donors (Lipinski definition) is 1. The Labute approximate surface area is 84.9 Å². The van der Waals surface area contributed by atoms with Crippen LogP contribution in [0.1, 0.15) is 32.6 Å². The zero-order valence-corrected chi connectivity index (χ0v) is 8.90. The van der Waals surface area contributed by atoms with Crippen LogP contribution < -0.4 is 0 Å². The van der Waals surface area contributed by atoms with Gasteiger partial charge in [0.05, 0.1) is 24.5 Å². The molecule has 4 nitrogen and oxygen atoms in total. The van der Waals surface area contributed by atoms with E-state index in [0.717, 1.165) is 31.4 Å². The van der Waals surface area contributed by atoms with Crippen molar-refractivity contribution in [3.63, 3.8) is 0 Å². The Morgan fingerprint density at radius 1 is 1.50 bits per heavy atom. The average Bonchev–Trinajstić information content (AvgIpc) is 2.26. The van der Waals surface area contributed by atoms with Crippen molar-refractivity contribution >= 4 is 5.71 Å². The summed E-state index contributed by atoms with van der Waals surface area (Å²) < 4.78 is 10.8. The van der Waals surface area contributed by atoms with E-state index >= 15 is 0 Å². The van der Waals surface area contributed by atoms with Gasteiger partial charge in [0.25, 0.3) is 0 Å². The van der Waals surface area contributed by atoms with Crippen molar-refractivity contribution in [3.8, 4) is 0 Å². The predicted octanol–water partition coefficient (Wildman–Crippen LogP) is 1.81. The number of oxime groups is 1. The minimum Gasteiger partial charge on any atom is -0.411 e. The van der Waals surface area contributed by atoms with Gasteiger partial charge in [-0.2, -0.15) is 0 Å². The molecule has 1 atom stereocenters. The molecular formula is C10H19NO3. The fraction of sp³-hybridized carbons (Fsp3) is 0.900. The van der Waals surface area contributed by atoms with Gasteiger partial charge in [-0.15, -0.1) is 0 Å². The highest BCUT2D eigenvalue weighted by molar-refractivity contribution is 5.84. The second kappa shape index (κ2) is 5.98. The van der Waals surface area contributed by atoms with E-state index in [9.17, 15) is 0 Å². The third-order valence-corrected chi connectivity index (χ3v) is 2.62. The van der Waals surface area contributed by atoms with E-state index < -0.39 is 0 Å². The van der Waals surface area contributed by atoms with Crippen molar-refractivity contribution in [3.05, 3.63) is 0 Å². The summed E-state index contributed by atoms with van der Waals surface area (Å²) in [6, 6.07) is 0. The molecule has 0 saturated heterocycles. The van der Waals surface area contributed by atoms with E-state index in [4.69, 9.17) is 14.7 Å². The van der Waals surface area contributed by atoms with Gasteiger partial charge in [-0.05, 0) is 32.6 Å². The highest BCUT2D eigenvalue weighted by atomic mass is 16.5. The SMILES string of the molecule is COC(C)COC1CCC(=NO)CC1. The van der Waals surface area contributed by atoms with E-state index in [1.165, 1.54) is 0 Å². The lowest BCUT2D eigenvalue weighted by Crippen LogP contribution is -2.25. The van der Waals surface area contributed by atoms with Crippen LogP contribution >= 0.6 is 0 Å². The molecule has 1 rings (SSSR count). The Balaban J connectivity index is 2.16. The lowest BCUT2D eigenvalue weighted by molar-refractivity contribution is -0.0263. The molecule has 1 fully saturated rings. The largest absolute Gasteiger partial charge is 0.411 e. The summed E-state index contributed by atoms with van der Waals surface area (Å²) in [5.41, 5.74) is 0.893. The van der Waals surface area contributed by atoms with Crippen LogP contribution in [0.3, 0.4) is 0 Å². The van der Waals surface area contributed by atoms with Crippen LogP contribution in [-0.2, 0) is 9.47 Å². The second-order valence-electron chi connectivity index (χ2n) is 3.75. The van der Waals surface area contributed by atoms with Crippen molar-refractivity contribution in [1.29, 1.82) is 0 Å².